The highest BCUT2D eigenvalue weighted by molar-refractivity contribution is 7.15. The number of rotatable bonds is 2. The van der Waals surface area contributed by atoms with Gasteiger partial charge in [0, 0.05) is 10.4 Å². The Labute approximate surface area is 113 Å². The summed E-state index contributed by atoms with van der Waals surface area (Å²) in [5.41, 5.74) is 2.22. The Hall–Kier alpha value is -1.75. The highest BCUT2D eigenvalue weighted by Gasteiger charge is 2.32. The highest BCUT2D eigenvalue weighted by atomic mass is 32.1. The lowest BCUT2D eigenvalue weighted by Crippen LogP contribution is -2.08. The van der Waals surface area contributed by atoms with Gasteiger partial charge in [-0.05, 0) is 43.5 Å². The number of halogens is 1. The molecule has 0 spiro atoms. The maximum Gasteiger partial charge on any atom is 0.312 e. The van der Waals surface area contributed by atoms with Gasteiger partial charge in [0.25, 0.3) is 0 Å². The third-order valence-electron chi connectivity index (χ3n) is 3.30. The summed E-state index contributed by atoms with van der Waals surface area (Å²) in [6.45, 7) is 1.83. The maximum atomic E-state index is 13.4. The fourth-order valence-corrected chi connectivity index (χ4v) is 3.58. The Morgan fingerprint density at radius 3 is 2.95 bits per heavy atom. The third-order valence-corrected chi connectivity index (χ3v) is 4.48. The van der Waals surface area contributed by atoms with Crippen LogP contribution in [0.3, 0.4) is 0 Å². The Balaban J connectivity index is 2.04. The van der Waals surface area contributed by atoms with Crippen molar-refractivity contribution >= 4 is 17.3 Å². The summed E-state index contributed by atoms with van der Waals surface area (Å²) in [7, 11) is 0. The lowest BCUT2D eigenvalue weighted by atomic mass is 10.1. The molecule has 1 aromatic carbocycles. The number of aliphatic carboxylic acids is 1. The molecule has 1 N–H and O–H groups in total. The van der Waals surface area contributed by atoms with Crippen LogP contribution in [-0.4, -0.2) is 16.1 Å². The summed E-state index contributed by atoms with van der Waals surface area (Å²) < 4.78 is 13.4. The van der Waals surface area contributed by atoms with Gasteiger partial charge >= 0.3 is 5.97 Å². The first kappa shape index (κ1) is 12.3. The first-order valence-electron chi connectivity index (χ1n) is 6.04. The quantitative estimate of drug-likeness (QED) is 0.915. The number of carbonyl (C=O) groups is 1. The van der Waals surface area contributed by atoms with Gasteiger partial charge in [-0.2, -0.15) is 0 Å². The van der Waals surface area contributed by atoms with Crippen LogP contribution >= 0.6 is 11.3 Å². The number of hydrogen-bond donors (Lipinski definition) is 1. The van der Waals surface area contributed by atoms with Gasteiger partial charge in [-0.1, -0.05) is 0 Å². The van der Waals surface area contributed by atoms with Gasteiger partial charge in [0.05, 0.1) is 5.69 Å². The molecular weight excluding hydrogens is 265 g/mol. The minimum absolute atomic E-state index is 0.292. The van der Waals surface area contributed by atoms with Crippen molar-refractivity contribution in [1.82, 2.24) is 4.98 Å². The van der Waals surface area contributed by atoms with Crippen molar-refractivity contribution < 1.29 is 14.3 Å². The second-order valence-electron chi connectivity index (χ2n) is 4.77. The summed E-state index contributed by atoms with van der Waals surface area (Å²) in [6, 6.07) is 4.77. The average Bonchev–Trinajstić information content (AvgIpc) is 2.85. The molecule has 0 amide bonds. The molecule has 0 bridgehead atoms. The van der Waals surface area contributed by atoms with Crippen LogP contribution in [0, 0.1) is 12.7 Å². The molecule has 3 rings (SSSR count). The fraction of sp³-hybridized carbons (Fsp3) is 0.286. The Kier molecular flexibility index (Phi) is 2.86. The molecule has 0 saturated carbocycles. The smallest absolute Gasteiger partial charge is 0.312 e. The molecule has 2 aromatic rings. The maximum absolute atomic E-state index is 13.4. The summed E-state index contributed by atoms with van der Waals surface area (Å²) >= 11 is 1.47. The largest absolute Gasteiger partial charge is 0.481 e. The van der Waals surface area contributed by atoms with Crippen LogP contribution in [-0.2, 0) is 11.2 Å². The van der Waals surface area contributed by atoms with E-state index in [2.05, 4.69) is 4.98 Å². The van der Waals surface area contributed by atoms with E-state index >= 15 is 0 Å². The molecule has 1 aromatic heterocycles. The van der Waals surface area contributed by atoms with Crippen LogP contribution in [0.5, 0.6) is 0 Å². The first-order valence-corrected chi connectivity index (χ1v) is 6.86. The van der Waals surface area contributed by atoms with E-state index in [9.17, 15) is 9.18 Å². The van der Waals surface area contributed by atoms with Gasteiger partial charge in [-0.25, -0.2) is 9.37 Å². The zero-order chi connectivity index (χ0) is 13.6. The molecule has 5 heteroatoms. The predicted molar refractivity (Wildman–Crippen MR) is 70.9 cm³/mol. The van der Waals surface area contributed by atoms with E-state index in [1.807, 2.05) is 13.0 Å². The topological polar surface area (TPSA) is 50.2 Å². The van der Waals surface area contributed by atoms with E-state index in [-0.39, 0.29) is 5.82 Å². The molecule has 1 aliphatic rings. The Bertz CT molecular complexity index is 645. The second-order valence-corrected chi connectivity index (χ2v) is 5.86. The number of fused-ring (bicyclic) bond motifs is 1. The third kappa shape index (κ3) is 2.14. The van der Waals surface area contributed by atoms with Crippen LogP contribution in [0.25, 0.3) is 10.6 Å². The lowest BCUT2D eigenvalue weighted by Gasteiger charge is -2.02. The number of benzene rings is 1. The minimum Gasteiger partial charge on any atom is -0.481 e. The van der Waals surface area contributed by atoms with Gasteiger partial charge in [0.2, 0.25) is 0 Å². The van der Waals surface area contributed by atoms with E-state index in [1.54, 1.807) is 0 Å². The molecule has 0 aliphatic heterocycles. The van der Waals surface area contributed by atoms with E-state index < -0.39 is 11.9 Å². The number of hydrogen-bond acceptors (Lipinski definition) is 3. The van der Waals surface area contributed by atoms with Crippen molar-refractivity contribution in [3.8, 4) is 10.6 Å². The number of thiazole rings is 1. The van der Waals surface area contributed by atoms with Gasteiger partial charge in [-0.15, -0.1) is 11.3 Å². The monoisotopic (exact) mass is 277 g/mol. The normalized spacial score (nSPS) is 17.5. The van der Waals surface area contributed by atoms with Crippen LogP contribution < -0.4 is 0 Å². The fourth-order valence-electron chi connectivity index (χ4n) is 2.45. The molecule has 1 atom stereocenters. The zero-order valence-electron chi connectivity index (χ0n) is 10.3. The minimum atomic E-state index is -0.828. The molecule has 98 valence electrons. The highest BCUT2D eigenvalue weighted by Crippen LogP contribution is 2.39. The first-order chi connectivity index (χ1) is 9.04. The van der Waals surface area contributed by atoms with Crippen molar-refractivity contribution in [3.05, 3.63) is 40.2 Å². The second kappa shape index (κ2) is 4.42. The van der Waals surface area contributed by atoms with Crippen LogP contribution in [0.2, 0.25) is 0 Å². The SMILES string of the molecule is Cc1cc(F)cc(-c2nc3c(s2)CCC3C(=O)O)c1. The average molecular weight is 277 g/mol. The molecule has 19 heavy (non-hydrogen) atoms. The molecule has 3 nitrogen and oxygen atoms in total. The number of nitrogens with zero attached hydrogens (tertiary/aromatic N) is 1. The van der Waals surface area contributed by atoms with Gasteiger partial charge < -0.3 is 5.11 Å². The van der Waals surface area contributed by atoms with Gasteiger partial charge in [0.1, 0.15) is 16.7 Å². The predicted octanol–water partition coefficient (Wildman–Crippen LogP) is 3.37. The number of carboxylic acid groups (broad SMARTS) is 1. The molecule has 0 fully saturated rings. The molecular formula is C14H12FNO2S. The van der Waals surface area contributed by atoms with E-state index in [1.165, 1.54) is 23.5 Å². The number of aromatic nitrogens is 1. The zero-order valence-corrected chi connectivity index (χ0v) is 11.1. The molecule has 1 unspecified atom stereocenters. The van der Waals surface area contributed by atoms with E-state index in [0.717, 1.165) is 22.4 Å². The van der Waals surface area contributed by atoms with Gasteiger partial charge in [0.15, 0.2) is 0 Å². The van der Waals surface area contributed by atoms with Crippen molar-refractivity contribution in [3.63, 3.8) is 0 Å². The summed E-state index contributed by atoms with van der Waals surface area (Å²) in [5, 5.41) is 9.84. The Morgan fingerprint density at radius 1 is 1.47 bits per heavy atom. The van der Waals surface area contributed by atoms with E-state index in [4.69, 9.17) is 5.11 Å². The van der Waals surface area contributed by atoms with Crippen LogP contribution in [0.1, 0.15) is 28.5 Å². The molecule has 1 heterocycles. The summed E-state index contributed by atoms with van der Waals surface area (Å²) in [6.07, 6.45) is 1.37. The van der Waals surface area contributed by atoms with Gasteiger partial charge in [-0.3, -0.25) is 4.79 Å². The van der Waals surface area contributed by atoms with Crippen LogP contribution in [0.15, 0.2) is 18.2 Å². The van der Waals surface area contributed by atoms with Crippen molar-refractivity contribution in [2.75, 3.05) is 0 Å². The molecule has 0 radical (unpaired) electrons. The van der Waals surface area contributed by atoms with Crippen molar-refractivity contribution in [1.29, 1.82) is 0 Å². The molecule has 0 saturated heterocycles. The lowest BCUT2D eigenvalue weighted by molar-refractivity contribution is -0.138. The molecule has 1 aliphatic carbocycles. The van der Waals surface area contributed by atoms with E-state index in [0.29, 0.717) is 17.1 Å². The van der Waals surface area contributed by atoms with Crippen molar-refractivity contribution in [2.45, 2.75) is 25.7 Å². The standard InChI is InChI=1S/C14H12FNO2S/c1-7-4-8(6-9(15)5-7)13-16-12-10(14(17)18)2-3-11(12)19-13/h4-6,10H,2-3H2,1H3,(H,17,18). The van der Waals surface area contributed by atoms with Crippen molar-refractivity contribution in [2.24, 2.45) is 0 Å². The van der Waals surface area contributed by atoms with Crippen LogP contribution in [0.4, 0.5) is 4.39 Å². The number of carboxylic acids is 1. The Morgan fingerprint density at radius 2 is 2.26 bits per heavy atom. The summed E-state index contributed by atoms with van der Waals surface area (Å²) in [5.74, 6) is -1.62. The summed E-state index contributed by atoms with van der Waals surface area (Å²) in [4.78, 5) is 16.6. The number of aryl methyl sites for hydroxylation is 2.